The molecule has 0 saturated carbocycles. The number of halogens is 1. The molecule has 0 radical (unpaired) electrons. The number of imide groups is 1. The van der Waals surface area contributed by atoms with Gasteiger partial charge in [-0.2, -0.15) is 0 Å². The highest BCUT2D eigenvalue weighted by Crippen LogP contribution is 2.33. The molecule has 43 heavy (non-hydrogen) atoms. The van der Waals surface area contributed by atoms with Gasteiger partial charge in [0.1, 0.15) is 17.9 Å². The normalized spacial score (nSPS) is 16.5. The van der Waals surface area contributed by atoms with Crippen LogP contribution in [0.1, 0.15) is 22.8 Å². The number of benzene rings is 2. The van der Waals surface area contributed by atoms with Gasteiger partial charge >= 0.3 is 5.97 Å². The first-order valence-corrected chi connectivity index (χ1v) is 14.5. The molecule has 3 heterocycles. The van der Waals surface area contributed by atoms with Gasteiger partial charge in [0, 0.05) is 64.1 Å². The summed E-state index contributed by atoms with van der Waals surface area (Å²) in [5, 5.41) is 8.83. The molecule has 0 aliphatic carbocycles. The minimum atomic E-state index is -1.38. The zero-order valence-corrected chi connectivity index (χ0v) is 24.7. The molecule has 2 fully saturated rings. The molecule has 13 heteroatoms. The van der Waals surface area contributed by atoms with E-state index in [9.17, 15) is 29.1 Å². The highest BCUT2D eigenvalue weighted by Gasteiger charge is 2.37. The lowest BCUT2D eigenvalue weighted by atomic mass is 10.1. The molecule has 11 nitrogen and oxygen atoms in total. The lowest BCUT2D eigenvalue weighted by Crippen LogP contribution is -2.52. The number of amides is 3. The van der Waals surface area contributed by atoms with Gasteiger partial charge in [0.05, 0.1) is 16.1 Å². The van der Waals surface area contributed by atoms with Crippen molar-refractivity contribution in [2.45, 2.75) is 13.5 Å². The van der Waals surface area contributed by atoms with Crippen molar-refractivity contribution in [3.63, 3.8) is 0 Å². The van der Waals surface area contributed by atoms with Crippen LogP contribution in [0, 0.1) is 5.82 Å². The average Bonchev–Trinajstić information content (AvgIpc) is 3.24. The molecule has 5 rings (SSSR count). The van der Waals surface area contributed by atoms with Crippen molar-refractivity contribution in [3.05, 3.63) is 74.7 Å². The van der Waals surface area contributed by atoms with Crippen LogP contribution in [-0.2, 0) is 16.1 Å². The molecule has 2 aliphatic rings. The summed E-state index contributed by atoms with van der Waals surface area (Å²) < 4.78 is 16.8. The third-order valence-electron chi connectivity index (χ3n) is 7.57. The number of hydrogen-bond donors (Lipinski definition) is 1. The first-order valence-electron chi connectivity index (χ1n) is 13.6. The fraction of sp³-hybridized carbons (Fsp3) is 0.300. The predicted molar refractivity (Wildman–Crippen MR) is 163 cm³/mol. The van der Waals surface area contributed by atoms with Crippen molar-refractivity contribution in [1.82, 2.24) is 14.4 Å². The number of aromatic carboxylic acids is 1. The van der Waals surface area contributed by atoms with E-state index in [-0.39, 0.29) is 48.7 Å². The maximum atomic E-state index is 15.2. The maximum absolute atomic E-state index is 15.2. The third kappa shape index (κ3) is 5.85. The number of hydrogen-bond acceptors (Lipinski definition) is 8. The van der Waals surface area contributed by atoms with E-state index in [1.54, 1.807) is 22.5 Å². The second kappa shape index (κ2) is 11.9. The number of carboxylic acid groups (broad SMARTS) is 1. The van der Waals surface area contributed by atoms with Crippen LogP contribution in [0.4, 0.5) is 20.6 Å². The van der Waals surface area contributed by atoms with Gasteiger partial charge in [-0.3, -0.25) is 24.1 Å². The summed E-state index contributed by atoms with van der Waals surface area (Å²) in [4.78, 5) is 69.2. The second-order valence-corrected chi connectivity index (χ2v) is 11.4. The zero-order valence-electron chi connectivity index (χ0n) is 23.9. The van der Waals surface area contributed by atoms with Crippen LogP contribution in [0.15, 0.2) is 52.3 Å². The van der Waals surface area contributed by atoms with E-state index >= 15 is 4.39 Å². The number of nitrogens with zero attached hydrogens (tertiary/aromatic N) is 5. The van der Waals surface area contributed by atoms with Gasteiger partial charge in [0.2, 0.25) is 11.3 Å². The van der Waals surface area contributed by atoms with Crippen LogP contribution in [0.25, 0.3) is 17.0 Å². The summed E-state index contributed by atoms with van der Waals surface area (Å²) >= 11 is 0.793. The number of carbonyl (C=O) groups is 4. The highest BCUT2D eigenvalue weighted by atomic mass is 32.2. The van der Waals surface area contributed by atoms with E-state index in [1.807, 2.05) is 43.3 Å². The Morgan fingerprint density at radius 3 is 2.33 bits per heavy atom. The van der Waals surface area contributed by atoms with Crippen molar-refractivity contribution in [3.8, 4) is 0 Å². The van der Waals surface area contributed by atoms with Crippen LogP contribution in [0.3, 0.4) is 0 Å². The predicted octanol–water partition coefficient (Wildman–Crippen LogP) is 3.31. The molecule has 1 N–H and O–H groups in total. The molecule has 0 unspecified atom stereocenters. The standard InChI is InChI=1S/C30H30FN5O6S/c1-4-33-16-21(29(40)41)27(38)20-14-22(31)24(15-23(20)33)34-9-11-35(12-10-34)26(37)17-36-28(39)25(43-30(36)42)13-18-5-7-19(8-6-18)32(2)3/h5-8,13-16H,4,9-12,17H2,1-3H3,(H,40,41)/b25-13-. The summed E-state index contributed by atoms with van der Waals surface area (Å²) in [5.74, 6) is -2.96. The number of aryl methyl sites for hydroxylation is 1. The molecule has 3 amide bonds. The Labute approximate surface area is 250 Å². The van der Waals surface area contributed by atoms with E-state index in [1.165, 1.54) is 17.2 Å². The number of rotatable bonds is 7. The largest absolute Gasteiger partial charge is 0.477 e. The molecular formula is C30H30FN5O6S. The minimum Gasteiger partial charge on any atom is -0.477 e. The van der Waals surface area contributed by atoms with E-state index in [0.29, 0.717) is 12.1 Å². The molecular weight excluding hydrogens is 577 g/mol. The van der Waals surface area contributed by atoms with Gasteiger partial charge < -0.3 is 24.4 Å². The third-order valence-corrected chi connectivity index (χ3v) is 8.47. The SMILES string of the molecule is CCn1cc(C(=O)O)c(=O)c2cc(F)c(N3CCN(C(=O)CN4C(=O)S/C(=C\c5ccc(N(C)C)cc5)C4=O)CC3)cc21. The van der Waals surface area contributed by atoms with Crippen molar-refractivity contribution < 1.29 is 28.7 Å². The van der Waals surface area contributed by atoms with Crippen molar-refractivity contribution in [2.24, 2.45) is 0 Å². The van der Waals surface area contributed by atoms with Gasteiger partial charge in [0.15, 0.2) is 0 Å². The number of carbonyl (C=O) groups excluding carboxylic acids is 3. The van der Waals surface area contributed by atoms with Crippen LogP contribution in [0.5, 0.6) is 0 Å². The maximum Gasteiger partial charge on any atom is 0.341 e. The summed E-state index contributed by atoms with van der Waals surface area (Å²) in [5.41, 5.74) is 1.22. The number of fused-ring (bicyclic) bond motifs is 1. The quantitative estimate of drug-likeness (QED) is 0.403. The smallest absolute Gasteiger partial charge is 0.341 e. The number of piperazine rings is 1. The number of carboxylic acids is 1. The molecule has 1 aromatic heterocycles. The van der Waals surface area contributed by atoms with Gasteiger partial charge in [-0.25, -0.2) is 9.18 Å². The van der Waals surface area contributed by atoms with Gasteiger partial charge in [-0.05, 0) is 54.6 Å². The number of thioether (sulfide) groups is 1. The molecule has 2 saturated heterocycles. The van der Waals surface area contributed by atoms with E-state index < -0.39 is 39.8 Å². The minimum absolute atomic E-state index is 0.0198. The van der Waals surface area contributed by atoms with Crippen molar-refractivity contribution in [2.75, 3.05) is 56.6 Å². The number of pyridine rings is 1. The highest BCUT2D eigenvalue weighted by molar-refractivity contribution is 8.18. The van der Waals surface area contributed by atoms with E-state index in [0.717, 1.165) is 34.0 Å². The molecule has 0 atom stereocenters. The molecule has 0 bridgehead atoms. The first-order chi connectivity index (χ1) is 20.5. The van der Waals surface area contributed by atoms with Crippen LogP contribution in [-0.4, -0.2) is 89.3 Å². The Balaban J connectivity index is 1.25. The Hall–Kier alpha value is -4.65. The fourth-order valence-corrected chi connectivity index (χ4v) is 5.98. The summed E-state index contributed by atoms with van der Waals surface area (Å²) in [7, 11) is 3.84. The summed E-state index contributed by atoms with van der Waals surface area (Å²) in [6, 6.07) is 10.1. The zero-order chi connectivity index (χ0) is 31.0. The monoisotopic (exact) mass is 607 g/mol. The molecule has 3 aromatic rings. The van der Waals surface area contributed by atoms with Crippen LogP contribution in [0.2, 0.25) is 0 Å². The Morgan fingerprint density at radius 2 is 1.72 bits per heavy atom. The lowest BCUT2D eigenvalue weighted by molar-refractivity contribution is -0.136. The van der Waals surface area contributed by atoms with Crippen LogP contribution >= 0.6 is 11.8 Å². The topological polar surface area (TPSA) is 123 Å². The van der Waals surface area contributed by atoms with Gasteiger partial charge in [0.25, 0.3) is 11.1 Å². The Morgan fingerprint density at radius 1 is 1.05 bits per heavy atom. The van der Waals surface area contributed by atoms with Crippen LogP contribution < -0.4 is 15.2 Å². The average molecular weight is 608 g/mol. The molecule has 2 aliphatic heterocycles. The second-order valence-electron chi connectivity index (χ2n) is 10.4. The summed E-state index contributed by atoms with van der Waals surface area (Å²) in [6.07, 6.45) is 2.89. The fourth-order valence-electron chi connectivity index (χ4n) is 5.14. The van der Waals surface area contributed by atoms with Gasteiger partial charge in [-0.1, -0.05) is 12.1 Å². The molecule has 0 spiro atoms. The lowest BCUT2D eigenvalue weighted by Gasteiger charge is -2.36. The van der Waals surface area contributed by atoms with Crippen molar-refractivity contribution >= 4 is 63.1 Å². The Kier molecular flexibility index (Phi) is 8.27. The number of anilines is 2. The number of aromatic nitrogens is 1. The molecule has 224 valence electrons. The summed E-state index contributed by atoms with van der Waals surface area (Å²) in [6.45, 7) is 2.80. The Bertz CT molecular complexity index is 1730. The van der Waals surface area contributed by atoms with Gasteiger partial charge in [-0.15, -0.1) is 0 Å². The van der Waals surface area contributed by atoms with Crippen molar-refractivity contribution in [1.29, 1.82) is 0 Å². The molecule has 2 aromatic carbocycles. The van der Waals surface area contributed by atoms with E-state index in [4.69, 9.17) is 0 Å². The first kappa shape index (κ1) is 29.8. The van der Waals surface area contributed by atoms with E-state index in [2.05, 4.69) is 0 Å².